The van der Waals surface area contributed by atoms with Crippen molar-refractivity contribution in [2.24, 2.45) is 0 Å². The molecule has 2 rings (SSSR count). The fourth-order valence-electron chi connectivity index (χ4n) is 2.35. The Morgan fingerprint density at radius 1 is 1.22 bits per heavy atom. The standard InChI is InChI=1S/C18H18ClN3O/c1-21-18(23)14-5-3-13(4-6-14)11-22(2)12-15-7-8-17(19)9-16(15)10-20/h3-9H,11-12H2,1-2H3,(H,21,23). The number of halogens is 1. The van der Waals surface area contributed by atoms with Gasteiger partial charge < -0.3 is 5.32 Å². The van der Waals surface area contributed by atoms with E-state index in [2.05, 4.69) is 16.3 Å². The van der Waals surface area contributed by atoms with Gasteiger partial charge in [-0.2, -0.15) is 5.26 Å². The van der Waals surface area contributed by atoms with Gasteiger partial charge in [0.05, 0.1) is 11.6 Å². The molecule has 0 saturated carbocycles. The molecule has 1 amide bonds. The highest BCUT2D eigenvalue weighted by Crippen LogP contribution is 2.17. The van der Waals surface area contributed by atoms with Crippen molar-refractivity contribution < 1.29 is 4.79 Å². The third-order valence-corrected chi connectivity index (χ3v) is 3.76. The summed E-state index contributed by atoms with van der Waals surface area (Å²) < 4.78 is 0. The molecular formula is C18H18ClN3O. The minimum atomic E-state index is -0.0928. The predicted octanol–water partition coefficient (Wildman–Crippen LogP) is 3.20. The first-order valence-corrected chi connectivity index (χ1v) is 7.59. The van der Waals surface area contributed by atoms with Crippen LogP contribution in [-0.4, -0.2) is 24.9 Å². The molecule has 0 aliphatic carbocycles. The second-order valence-corrected chi connectivity index (χ2v) is 5.80. The largest absolute Gasteiger partial charge is 0.355 e. The van der Waals surface area contributed by atoms with Crippen LogP contribution in [0, 0.1) is 11.3 Å². The van der Waals surface area contributed by atoms with Gasteiger partial charge in [0, 0.05) is 30.7 Å². The summed E-state index contributed by atoms with van der Waals surface area (Å²) in [7, 11) is 3.60. The summed E-state index contributed by atoms with van der Waals surface area (Å²) >= 11 is 5.92. The normalized spacial score (nSPS) is 10.4. The van der Waals surface area contributed by atoms with E-state index in [1.165, 1.54) is 0 Å². The molecule has 0 aromatic heterocycles. The first kappa shape index (κ1) is 17.0. The Morgan fingerprint density at radius 3 is 2.52 bits per heavy atom. The second kappa shape index (κ2) is 7.77. The average Bonchev–Trinajstić information content (AvgIpc) is 2.56. The van der Waals surface area contributed by atoms with E-state index in [0.29, 0.717) is 22.7 Å². The Labute approximate surface area is 141 Å². The van der Waals surface area contributed by atoms with Gasteiger partial charge in [0.1, 0.15) is 0 Å². The van der Waals surface area contributed by atoms with Crippen LogP contribution in [0.2, 0.25) is 5.02 Å². The van der Waals surface area contributed by atoms with Crippen LogP contribution < -0.4 is 5.32 Å². The van der Waals surface area contributed by atoms with Gasteiger partial charge in [-0.1, -0.05) is 29.8 Å². The van der Waals surface area contributed by atoms with Crippen LogP contribution in [0.25, 0.3) is 0 Å². The molecule has 0 spiro atoms. The second-order valence-electron chi connectivity index (χ2n) is 5.36. The number of nitriles is 1. The van der Waals surface area contributed by atoms with Crippen LogP contribution in [-0.2, 0) is 13.1 Å². The first-order valence-electron chi connectivity index (χ1n) is 7.21. The molecular weight excluding hydrogens is 310 g/mol. The van der Waals surface area contributed by atoms with Crippen LogP contribution in [0.1, 0.15) is 27.0 Å². The van der Waals surface area contributed by atoms with E-state index in [4.69, 9.17) is 11.6 Å². The Kier molecular flexibility index (Phi) is 5.75. The Morgan fingerprint density at radius 2 is 1.91 bits per heavy atom. The molecule has 0 aliphatic heterocycles. The molecule has 2 aromatic carbocycles. The smallest absolute Gasteiger partial charge is 0.251 e. The van der Waals surface area contributed by atoms with Crippen molar-refractivity contribution in [2.45, 2.75) is 13.1 Å². The van der Waals surface area contributed by atoms with Crippen LogP contribution in [0.15, 0.2) is 42.5 Å². The minimum Gasteiger partial charge on any atom is -0.355 e. The summed E-state index contributed by atoms with van der Waals surface area (Å²) in [6.07, 6.45) is 0. The van der Waals surface area contributed by atoms with Crippen LogP contribution in [0.3, 0.4) is 0 Å². The summed E-state index contributed by atoms with van der Waals surface area (Å²) in [4.78, 5) is 13.6. The Hall–Kier alpha value is -2.35. The summed E-state index contributed by atoms with van der Waals surface area (Å²) in [5.41, 5.74) is 3.29. The molecule has 5 heteroatoms. The number of carbonyl (C=O) groups excluding carboxylic acids is 1. The van der Waals surface area contributed by atoms with Gasteiger partial charge >= 0.3 is 0 Å². The van der Waals surface area contributed by atoms with E-state index >= 15 is 0 Å². The van der Waals surface area contributed by atoms with E-state index in [1.807, 2.05) is 37.4 Å². The molecule has 0 unspecified atom stereocenters. The van der Waals surface area contributed by atoms with Crippen molar-refractivity contribution >= 4 is 17.5 Å². The van der Waals surface area contributed by atoms with E-state index in [9.17, 15) is 10.1 Å². The molecule has 23 heavy (non-hydrogen) atoms. The molecule has 1 N–H and O–H groups in total. The quantitative estimate of drug-likeness (QED) is 0.917. The average molecular weight is 328 g/mol. The lowest BCUT2D eigenvalue weighted by atomic mass is 10.1. The number of carbonyl (C=O) groups is 1. The van der Waals surface area contributed by atoms with E-state index in [0.717, 1.165) is 17.7 Å². The zero-order valence-corrected chi connectivity index (χ0v) is 13.9. The minimum absolute atomic E-state index is 0.0928. The lowest BCUT2D eigenvalue weighted by Gasteiger charge is -2.18. The summed E-state index contributed by atoms with van der Waals surface area (Å²) in [5, 5.41) is 12.4. The molecule has 0 heterocycles. The van der Waals surface area contributed by atoms with Crippen molar-refractivity contribution in [1.29, 1.82) is 5.26 Å². The lowest BCUT2D eigenvalue weighted by molar-refractivity contribution is 0.0963. The van der Waals surface area contributed by atoms with Crippen molar-refractivity contribution in [1.82, 2.24) is 10.2 Å². The maximum atomic E-state index is 11.5. The zero-order chi connectivity index (χ0) is 16.8. The molecule has 4 nitrogen and oxygen atoms in total. The van der Waals surface area contributed by atoms with Crippen LogP contribution >= 0.6 is 11.6 Å². The number of nitrogens with zero attached hydrogens (tertiary/aromatic N) is 2. The Bertz CT molecular complexity index is 735. The molecule has 2 aromatic rings. The number of hydrogen-bond acceptors (Lipinski definition) is 3. The van der Waals surface area contributed by atoms with Gasteiger partial charge in [0.2, 0.25) is 0 Å². The SMILES string of the molecule is CNC(=O)c1ccc(CN(C)Cc2ccc(Cl)cc2C#N)cc1. The molecule has 118 valence electrons. The summed E-state index contributed by atoms with van der Waals surface area (Å²) in [6, 6.07) is 15.0. The Balaban J connectivity index is 2.04. The summed E-state index contributed by atoms with van der Waals surface area (Å²) in [6.45, 7) is 1.37. The topological polar surface area (TPSA) is 56.1 Å². The van der Waals surface area contributed by atoms with E-state index in [1.54, 1.807) is 19.2 Å². The number of amides is 1. The maximum absolute atomic E-state index is 11.5. The van der Waals surface area contributed by atoms with E-state index in [-0.39, 0.29) is 5.91 Å². The number of hydrogen-bond donors (Lipinski definition) is 1. The van der Waals surface area contributed by atoms with Crippen molar-refractivity contribution in [2.75, 3.05) is 14.1 Å². The predicted molar refractivity (Wildman–Crippen MR) is 91.2 cm³/mol. The van der Waals surface area contributed by atoms with Crippen LogP contribution in [0.4, 0.5) is 0 Å². The summed E-state index contributed by atoms with van der Waals surface area (Å²) in [5.74, 6) is -0.0928. The molecule has 0 bridgehead atoms. The number of rotatable bonds is 5. The van der Waals surface area contributed by atoms with Gasteiger partial charge in [-0.3, -0.25) is 9.69 Å². The fraction of sp³-hybridized carbons (Fsp3) is 0.222. The highest BCUT2D eigenvalue weighted by Gasteiger charge is 2.08. The van der Waals surface area contributed by atoms with Crippen molar-refractivity contribution in [3.8, 4) is 6.07 Å². The molecule has 0 fully saturated rings. The van der Waals surface area contributed by atoms with Crippen molar-refractivity contribution in [3.05, 3.63) is 69.7 Å². The molecule has 0 aliphatic rings. The first-order chi connectivity index (χ1) is 11.0. The monoisotopic (exact) mass is 327 g/mol. The van der Waals surface area contributed by atoms with E-state index < -0.39 is 0 Å². The van der Waals surface area contributed by atoms with Gasteiger partial charge in [-0.05, 0) is 42.4 Å². The van der Waals surface area contributed by atoms with Crippen LogP contribution in [0.5, 0.6) is 0 Å². The van der Waals surface area contributed by atoms with Gasteiger partial charge in [-0.15, -0.1) is 0 Å². The maximum Gasteiger partial charge on any atom is 0.251 e. The van der Waals surface area contributed by atoms with Gasteiger partial charge in [-0.25, -0.2) is 0 Å². The fourth-order valence-corrected chi connectivity index (χ4v) is 2.53. The molecule has 0 atom stereocenters. The van der Waals surface area contributed by atoms with Gasteiger partial charge in [0.25, 0.3) is 5.91 Å². The zero-order valence-electron chi connectivity index (χ0n) is 13.1. The highest BCUT2D eigenvalue weighted by atomic mass is 35.5. The van der Waals surface area contributed by atoms with Crippen molar-refractivity contribution in [3.63, 3.8) is 0 Å². The molecule has 0 saturated heterocycles. The third-order valence-electron chi connectivity index (χ3n) is 3.53. The third kappa shape index (κ3) is 4.56. The van der Waals surface area contributed by atoms with Gasteiger partial charge in [0.15, 0.2) is 0 Å². The highest BCUT2D eigenvalue weighted by molar-refractivity contribution is 6.30. The number of nitrogens with one attached hydrogen (secondary N) is 1. The lowest BCUT2D eigenvalue weighted by Crippen LogP contribution is -2.19. The number of benzene rings is 2. The molecule has 0 radical (unpaired) electrons.